The molecule has 0 radical (unpaired) electrons. The zero-order valence-electron chi connectivity index (χ0n) is 29.0. The van der Waals surface area contributed by atoms with Gasteiger partial charge in [-0.05, 0) is 66.1 Å². The minimum absolute atomic E-state index is 0.00687. The van der Waals surface area contributed by atoms with E-state index in [1.54, 1.807) is 67.6 Å². The molecule has 0 spiro atoms. The zero-order valence-corrected chi connectivity index (χ0v) is 29.9. The molecule has 1 amide bonds. The second-order valence-corrected chi connectivity index (χ2v) is 15.4. The lowest BCUT2D eigenvalue weighted by Gasteiger charge is -2.32. The lowest BCUT2D eigenvalue weighted by Crippen LogP contribution is -2.32. The van der Waals surface area contributed by atoms with Gasteiger partial charge in [0.05, 0.1) is 6.61 Å². The number of anilines is 1. The Morgan fingerprint density at radius 3 is 1.74 bits per heavy atom. The lowest BCUT2D eigenvalue weighted by molar-refractivity contribution is -0.130. The van der Waals surface area contributed by atoms with Crippen LogP contribution in [0.15, 0.2) is 184 Å². The van der Waals surface area contributed by atoms with Crippen LogP contribution in [0.5, 0.6) is 0 Å². The minimum Gasteiger partial charge on any atom is -0.462 e. The Kier molecular flexibility index (Phi) is 10.4. The van der Waals surface area contributed by atoms with Crippen LogP contribution < -0.4 is 26.9 Å². The fourth-order valence-corrected chi connectivity index (χ4v) is 10.6. The summed E-state index contributed by atoms with van der Waals surface area (Å²) in [6.45, 7) is -1.55. The molecule has 266 valence electrons. The van der Waals surface area contributed by atoms with Crippen molar-refractivity contribution in [3.05, 3.63) is 202 Å². The minimum atomic E-state index is -3.22. The highest BCUT2D eigenvalue weighted by Crippen LogP contribution is 2.49. The number of hydrogen-bond donors (Lipinski definition) is 1. The maximum absolute atomic E-state index is 14.0. The lowest BCUT2D eigenvalue weighted by atomic mass is 10.1. The first kappa shape index (κ1) is 35.6. The first-order valence-corrected chi connectivity index (χ1v) is 18.9. The average molecular weight is 733 g/mol. The van der Waals surface area contributed by atoms with Gasteiger partial charge in [0.1, 0.15) is 11.3 Å². The number of hydrogen-bond acceptors (Lipinski definition) is 8. The number of nitrogens with one attached hydrogen (secondary N) is 1. The molecule has 10 heteroatoms. The van der Waals surface area contributed by atoms with Crippen LogP contribution in [-0.4, -0.2) is 35.6 Å². The molecule has 0 saturated carbocycles. The van der Waals surface area contributed by atoms with E-state index >= 15 is 0 Å². The first-order chi connectivity index (χ1) is 26.4. The Labute approximate surface area is 311 Å². The van der Waals surface area contributed by atoms with Crippen molar-refractivity contribution in [2.45, 2.75) is 6.92 Å². The molecule has 1 aliphatic heterocycles. The van der Waals surface area contributed by atoms with Crippen LogP contribution in [0.2, 0.25) is 0 Å². The predicted octanol–water partition coefficient (Wildman–Crippen LogP) is 6.47. The molecule has 0 aliphatic carbocycles. The van der Waals surface area contributed by atoms with Crippen LogP contribution in [0.3, 0.4) is 0 Å². The number of ether oxygens (including phenoxy) is 2. The molecular weight excluding hydrogens is 699 g/mol. The van der Waals surface area contributed by atoms with Gasteiger partial charge in [0, 0.05) is 16.4 Å². The highest BCUT2D eigenvalue weighted by molar-refractivity contribution is 7.96. The van der Waals surface area contributed by atoms with Gasteiger partial charge in [0.2, 0.25) is 5.90 Å². The second-order valence-electron chi connectivity index (χ2n) is 12.0. The number of allylic oxidation sites excluding steroid dienone is 1. The Morgan fingerprint density at radius 2 is 1.22 bits per heavy atom. The molecule has 1 N–H and O–H groups in total. The van der Waals surface area contributed by atoms with Gasteiger partial charge < -0.3 is 19.2 Å². The number of nitrogens with zero attached hydrogens (tertiary/aromatic N) is 1. The van der Waals surface area contributed by atoms with Crippen LogP contribution in [0.4, 0.5) is 5.69 Å². The molecule has 0 unspecified atom stereocenters. The summed E-state index contributed by atoms with van der Waals surface area (Å²) in [4.78, 5) is 59.7. The zero-order chi connectivity index (χ0) is 37.5. The SMILES string of the molecule is CCOC(=O)c1cc(NC(=O)c2ccccc2)c(=O)oc1C(/C=C1/N=C(c2ccccc2)OC1=O)=P(c1ccccc1)(c1ccccc1)c1ccccc1. The van der Waals surface area contributed by atoms with Crippen LogP contribution in [0, 0.1) is 0 Å². The number of rotatable bonds is 10. The van der Waals surface area contributed by atoms with E-state index in [4.69, 9.17) is 13.9 Å². The molecule has 1 aromatic heterocycles. The summed E-state index contributed by atoms with van der Waals surface area (Å²) >= 11 is 0. The maximum Gasteiger partial charge on any atom is 0.363 e. The smallest absolute Gasteiger partial charge is 0.363 e. The topological polar surface area (TPSA) is 124 Å². The Balaban J connectivity index is 1.63. The number of cyclic esters (lactones) is 1. The molecule has 2 heterocycles. The summed E-state index contributed by atoms with van der Waals surface area (Å²) in [6, 6.07) is 47.5. The van der Waals surface area contributed by atoms with Crippen molar-refractivity contribution in [1.29, 1.82) is 0 Å². The van der Waals surface area contributed by atoms with Crippen molar-refractivity contribution < 1.29 is 28.3 Å². The monoisotopic (exact) mass is 732 g/mol. The van der Waals surface area contributed by atoms with Crippen LogP contribution in [0.1, 0.15) is 39.0 Å². The van der Waals surface area contributed by atoms with Crippen LogP contribution in [-0.2, 0) is 14.3 Å². The molecule has 0 bridgehead atoms. The molecule has 7 rings (SSSR count). The molecule has 0 atom stereocenters. The van der Waals surface area contributed by atoms with E-state index < -0.39 is 30.4 Å². The van der Waals surface area contributed by atoms with Crippen molar-refractivity contribution >= 4 is 57.5 Å². The van der Waals surface area contributed by atoms with E-state index in [0.29, 0.717) is 16.4 Å². The van der Waals surface area contributed by atoms with Gasteiger partial charge in [0.25, 0.3) is 5.91 Å². The Bertz CT molecular complexity index is 2410. The quantitative estimate of drug-likeness (QED) is 0.0973. The van der Waals surface area contributed by atoms with E-state index in [-0.39, 0.29) is 35.2 Å². The summed E-state index contributed by atoms with van der Waals surface area (Å²) in [5, 5.41) is 5.40. The fraction of sp³-hybridized carbons (Fsp3) is 0.0455. The largest absolute Gasteiger partial charge is 0.462 e. The van der Waals surface area contributed by atoms with Gasteiger partial charge in [-0.2, -0.15) is 0 Å². The van der Waals surface area contributed by atoms with Gasteiger partial charge >= 0.3 is 17.6 Å². The van der Waals surface area contributed by atoms with E-state index in [0.717, 1.165) is 15.9 Å². The third-order valence-corrected chi connectivity index (χ3v) is 12.9. The van der Waals surface area contributed by atoms with Crippen molar-refractivity contribution in [1.82, 2.24) is 0 Å². The van der Waals surface area contributed by atoms with Gasteiger partial charge in [0.15, 0.2) is 11.5 Å². The average Bonchev–Trinajstić information content (AvgIpc) is 3.60. The van der Waals surface area contributed by atoms with Gasteiger partial charge in [-0.3, -0.25) is 4.79 Å². The predicted molar refractivity (Wildman–Crippen MR) is 212 cm³/mol. The normalized spacial score (nSPS) is 13.2. The number of benzene rings is 5. The van der Waals surface area contributed by atoms with Crippen molar-refractivity contribution in [3.63, 3.8) is 0 Å². The van der Waals surface area contributed by atoms with Gasteiger partial charge in [-0.1, -0.05) is 127 Å². The number of carbonyl (C=O) groups is 3. The standard InChI is InChI=1S/C44H33N2O7P/c1-2-51-42(48)35-28-36(45-40(47)30-18-8-3-9-19-30)43(49)52-39(35)38(29-37-44(50)53-41(46-37)31-20-10-4-11-21-31)54(32-22-12-5-13-23-32,33-24-14-6-15-25-33)34-26-16-7-17-27-34/h3-29H,2H2,1H3,(H,45,47)/b37-29+. The molecule has 9 nitrogen and oxygen atoms in total. The number of amides is 1. The van der Waals surface area contributed by atoms with E-state index in [9.17, 15) is 19.2 Å². The van der Waals surface area contributed by atoms with Crippen LogP contribution in [0.25, 0.3) is 0 Å². The molecule has 6 aromatic rings. The molecule has 0 saturated heterocycles. The molecule has 1 aliphatic rings. The van der Waals surface area contributed by atoms with Gasteiger partial charge in [-0.25, -0.2) is 19.4 Å². The number of carbonyl (C=O) groups excluding carboxylic acids is 3. The molecular formula is C44H33N2O7P. The highest BCUT2D eigenvalue weighted by Gasteiger charge is 2.36. The highest BCUT2D eigenvalue weighted by atomic mass is 31.2. The van der Waals surface area contributed by atoms with Crippen molar-refractivity contribution in [2.75, 3.05) is 11.9 Å². The molecule has 54 heavy (non-hydrogen) atoms. The Morgan fingerprint density at radius 1 is 0.722 bits per heavy atom. The summed E-state index contributed by atoms with van der Waals surface area (Å²) in [5.74, 6) is -2.17. The third-order valence-electron chi connectivity index (χ3n) is 8.67. The summed E-state index contributed by atoms with van der Waals surface area (Å²) < 4.78 is 17.4. The number of esters is 2. The van der Waals surface area contributed by atoms with E-state index in [2.05, 4.69) is 10.3 Å². The molecule has 5 aromatic carbocycles. The van der Waals surface area contributed by atoms with Crippen molar-refractivity contribution in [3.8, 4) is 0 Å². The summed E-state index contributed by atoms with van der Waals surface area (Å²) in [6.07, 6.45) is 1.54. The van der Waals surface area contributed by atoms with Gasteiger partial charge in [-0.15, -0.1) is 0 Å². The van der Waals surface area contributed by atoms with Crippen LogP contribution >= 0.6 is 6.89 Å². The first-order valence-electron chi connectivity index (χ1n) is 17.1. The fourth-order valence-electron chi connectivity index (χ4n) is 6.27. The van der Waals surface area contributed by atoms with Crippen molar-refractivity contribution in [2.24, 2.45) is 4.99 Å². The number of aliphatic imine (C=N–C) groups is 1. The third kappa shape index (κ3) is 7.00. The second kappa shape index (κ2) is 15.8. The summed E-state index contributed by atoms with van der Waals surface area (Å²) in [7, 11) is 0. The Hall–Kier alpha value is -6.83. The van der Waals surface area contributed by atoms with E-state index in [1.807, 2.05) is 97.1 Å². The molecule has 0 fully saturated rings. The summed E-state index contributed by atoms with van der Waals surface area (Å²) in [5.41, 5.74) is -0.524. The maximum atomic E-state index is 14.0. The van der Waals surface area contributed by atoms with E-state index in [1.165, 1.54) is 6.07 Å².